The number of carbonyl (C=O) groups excluding carboxylic acids is 4. The first-order valence-electron chi connectivity index (χ1n) is 17.3. The van der Waals surface area contributed by atoms with E-state index in [0.29, 0.717) is 34.7 Å². The zero-order chi connectivity index (χ0) is 36.9. The van der Waals surface area contributed by atoms with E-state index in [1.54, 1.807) is 31.2 Å². The van der Waals surface area contributed by atoms with E-state index in [1.807, 2.05) is 36.4 Å². The first kappa shape index (κ1) is 33.7. The van der Waals surface area contributed by atoms with Crippen LogP contribution in [0, 0.1) is 6.92 Å². The summed E-state index contributed by atoms with van der Waals surface area (Å²) in [5, 5.41) is 21.6. The number of amides is 4. The Kier molecular flexibility index (Phi) is 8.44. The van der Waals surface area contributed by atoms with Crippen LogP contribution < -0.4 is 20.1 Å². The second kappa shape index (κ2) is 13.3. The number of aromatic nitrogens is 4. The predicted molar refractivity (Wildman–Crippen MR) is 189 cm³/mol. The lowest BCUT2D eigenvalue weighted by Crippen LogP contribution is -2.54. The maximum Gasteiger partial charge on any atom is 0.262 e. The molecule has 2 N–H and O–H groups in total. The van der Waals surface area contributed by atoms with E-state index in [9.17, 15) is 19.2 Å². The zero-order valence-electron chi connectivity index (χ0n) is 29.2. The number of nitrogens with zero attached hydrogens (tertiary/aromatic N) is 5. The minimum atomic E-state index is -0.992. The summed E-state index contributed by atoms with van der Waals surface area (Å²) in [6.45, 7) is 6.05. The van der Waals surface area contributed by atoms with Crippen LogP contribution in [0.3, 0.4) is 0 Å². The molecule has 4 amide bonds. The smallest absolute Gasteiger partial charge is 0.262 e. The Labute approximate surface area is 303 Å². The molecule has 268 valence electrons. The Hall–Kier alpha value is -6.44. The highest BCUT2D eigenvalue weighted by Crippen LogP contribution is 2.36. The molecule has 5 aromatic rings. The highest BCUT2D eigenvalue weighted by atomic mass is 16.5. The van der Waals surface area contributed by atoms with Crippen LogP contribution in [-0.4, -0.2) is 67.1 Å². The number of anilines is 1. The van der Waals surface area contributed by atoms with Crippen molar-refractivity contribution in [2.75, 3.05) is 5.32 Å². The van der Waals surface area contributed by atoms with Crippen LogP contribution in [0.15, 0.2) is 83.4 Å². The molecule has 0 bridgehead atoms. The number of hydrogen-bond acceptors (Lipinski definition) is 12. The van der Waals surface area contributed by atoms with Gasteiger partial charge in [-0.2, -0.15) is 5.10 Å². The van der Waals surface area contributed by atoms with E-state index < -0.39 is 29.7 Å². The average Bonchev–Trinajstić information content (AvgIpc) is 3.67. The number of carbonyl (C=O) groups is 4. The van der Waals surface area contributed by atoms with E-state index in [1.165, 1.54) is 6.20 Å². The largest absolute Gasteiger partial charge is 0.490 e. The molecule has 8 rings (SSSR count). The summed E-state index contributed by atoms with van der Waals surface area (Å²) in [7, 11) is 0. The maximum absolute atomic E-state index is 13.2. The molecule has 2 aliphatic heterocycles. The third-order valence-electron chi connectivity index (χ3n) is 9.99. The molecular weight excluding hydrogens is 678 g/mol. The van der Waals surface area contributed by atoms with Crippen molar-refractivity contribution in [1.29, 1.82) is 0 Å². The van der Waals surface area contributed by atoms with Crippen molar-refractivity contribution in [2.45, 2.75) is 70.1 Å². The van der Waals surface area contributed by atoms with Crippen LogP contribution in [0.5, 0.6) is 17.4 Å². The summed E-state index contributed by atoms with van der Waals surface area (Å²) in [4.78, 5) is 51.1. The Bertz CT molecular complexity index is 2250. The van der Waals surface area contributed by atoms with E-state index in [2.05, 4.69) is 57.0 Å². The number of imide groups is 2. The first-order chi connectivity index (χ1) is 25.5. The molecule has 1 saturated heterocycles. The van der Waals surface area contributed by atoms with Crippen molar-refractivity contribution >= 4 is 29.3 Å². The summed E-state index contributed by atoms with van der Waals surface area (Å²) in [6, 6.07) is 21.9. The fourth-order valence-corrected chi connectivity index (χ4v) is 6.87. The minimum absolute atomic E-state index is 0.0288. The second-order valence-electron chi connectivity index (χ2n) is 13.9. The average molecular weight is 714 g/mol. The van der Waals surface area contributed by atoms with Gasteiger partial charge in [-0.15, -0.1) is 15.3 Å². The van der Waals surface area contributed by atoms with Crippen LogP contribution in [0.1, 0.15) is 77.3 Å². The summed E-state index contributed by atoms with van der Waals surface area (Å²) in [5.74, 6) is 0.436. The van der Waals surface area contributed by atoms with Gasteiger partial charge in [-0.05, 0) is 60.0 Å². The number of rotatable bonds is 10. The van der Waals surface area contributed by atoms with Crippen molar-refractivity contribution in [3.05, 3.63) is 107 Å². The SMILES string of the molecule is Cc1nnc(-c2cnnc(Oc3ccc(C(C)(C)c4ccc(OC5CC(Nc6ccc7c(c6)C(=O)N(C6CCC(=O)NC6=O)C7=O)C5)cc4)cc3)c2)o1. The van der Waals surface area contributed by atoms with Gasteiger partial charge in [-0.1, -0.05) is 38.1 Å². The number of hydrogen-bond donors (Lipinski definition) is 2. The van der Waals surface area contributed by atoms with Crippen molar-refractivity contribution in [3.63, 3.8) is 0 Å². The Morgan fingerprint density at radius 2 is 1.55 bits per heavy atom. The molecule has 14 heteroatoms. The molecule has 2 fully saturated rings. The topological polar surface area (TPSA) is 179 Å². The highest BCUT2D eigenvalue weighted by molar-refractivity contribution is 6.23. The second-order valence-corrected chi connectivity index (χ2v) is 13.9. The number of aryl methyl sites for hydroxylation is 1. The third-order valence-corrected chi connectivity index (χ3v) is 9.99. The lowest BCUT2D eigenvalue weighted by atomic mass is 9.78. The zero-order valence-corrected chi connectivity index (χ0v) is 29.2. The number of nitrogens with one attached hydrogen (secondary N) is 2. The van der Waals surface area contributed by atoms with Crippen molar-refractivity contribution in [1.82, 2.24) is 30.6 Å². The van der Waals surface area contributed by atoms with Crippen LogP contribution in [0.25, 0.3) is 11.5 Å². The van der Waals surface area contributed by atoms with Gasteiger partial charge in [-0.3, -0.25) is 29.4 Å². The molecule has 4 heterocycles. The normalized spacial score (nSPS) is 19.8. The summed E-state index contributed by atoms with van der Waals surface area (Å²) in [6.07, 6.45) is 3.29. The van der Waals surface area contributed by atoms with Gasteiger partial charge in [0.15, 0.2) is 0 Å². The Morgan fingerprint density at radius 1 is 0.849 bits per heavy atom. The van der Waals surface area contributed by atoms with Gasteiger partial charge < -0.3 is 19.2 Å². The van der Waals surface area contributed by atoms with Gasteiger partial charge in [0.1, 0.15) is 23.6 Å². The molecule has 14 nitrogen and oxygen atoms in total. The van der Waals surface area contributed by atoms with Gasteiger partial charge in [0.25, 0.3) is 11.8 Å². The molecule has 1 aliphatic carbocycles. The van der Waals surface area contributed by atoms with Crippen molar-refractivity contribution in [2.24, 2.45) is 0 Å². The molecule has 1 unspecified atom stereocenters. The molecule has 53 heavy (non-hydrogen) atoms. The lowest BCUT2D eigenvalue weighted by molar-refractivity contribution is -0.136. The number of ether oxygens (including phenoxy) is 2. The summed E-state index contributed by atoms with van der Waals surface area (Å²) >= 11 is 0. The molecule has 1 saturated carbocycles. The van der Waals surface area contributed by atoms with Gasteiger partial charge in [0, 0.05) is 49.4 Å². The molecular formula is C39H35N7O7. The minimum Gasteiger partial charge on any atom is -0.490 e. The summed E-state index contributed by atoms with van der Waals surface area (Å²) in [5.41, 5.74) is 3.77. The Balaban J connectivity index is 0.839. The monoisotopic (exact) mass is 713 g/mol. The molecule has 3 aromatic carbocycles. The van der Waals surface area contributed by atoms with Crippen LogP contribution in [0.2, 0.25) is 0 Å². The van der Waals surface area contributed by atoms with Gasteiger partial charge in [0.2, 0.25) is 29.5 Å². The number of fused-ring (bicyclic) bond motifs is 1. The predicted octanol–water partition coefficient (Wildman–Crippen LogP) is 5.38. The van der Waals surface area contributed by atoms with Crippen LogP contribution in [-0.2, 0) is 15.0 Å². The maximum atomic E-state index is 13.2. The van der Waals surface area contributed by atoms with E-state index >= 15 is 0 Å². The Morgan fingerprint density at radius 3 is 2.23 bits per heavy atom. The number of piperidine rings is 1. The van der Waals surface area contributed by atoms with E-state index in [-0.39, 0.29) is 41.5 Å². The molecule has 0 radical (unpaired) electrons. The van der Waals surface area contributed by atoms with Crippen molar-refractivity contribution < 1.29 is 33.1 Å². The quantitative estimate of drug-likeness (QED) is 0.177. The third kappa shape index (κ3) is 6.59. The standard InChI is InChI=1S/C39H35N7O7/c1-21-43-45-36(51-21)22-16-34(44-40-20-22)53-28-11-6-24(7-12-28)39(2,3)23-4-9-27(10-5-23)52-29-17-26(18-29)41-25-8-13-30-31(19-25)38(50)46(37(30)49)32-14-15-33(47)42-35(32)48/h4-13,16,19-20,26,29,32,41H,14-15,17-18H2,1-3H3,(H,42,47,48). The molecule has 3 aliphatic rings. The van der Waals surface area contributed by atoms with E-state index in [0.717, 1.165) is 34.6 Å². The fraction of sp³-hybridized carbons (Fsp3) is 0.282. The van der Waals surface area contributed by atoms with Crippen molar-refractivity contribution in [3.8, 4) is 28.8 Å². The van der Waals surface area contributed by atoms with Gasteiger partial charge in [-0.25, -0.2) is 0 Å². The highest BCUT2D eigenvalue weighted by Gasteiger charge is 2.45. The van der Waals surface area contributed by atoms with Crippen LogP contribution >= 0.6 is 0 Å². The summed E-state index contributed by atoms with van der Waals surface area (Å²) < 4.78 is 17.7. The van der Waals surface area contributed by atoms with Crippen LogP contribution in [0.4, 0.5) is 5.69 Å². The first-order valence-corrected chi connectivity index (χ1v) is 17.3. The lowest BCUT2D eigenvalue weighted by Gasteiger charge is -2.36. The van der Waals surface area contributed by atoms with Gasteiger partial charge >= 0.3 is 0 Å². The van der Waals surface area contributed by atoms with E-state index in [4.69, 9.17) is 13.9 Å². The number of benzene rings is 3. The van der Waals surface area contributed by atoms with Gasteiger partial charge in [0.05, 0.1) is 22.9 Å². The molecule has 2 aromatic heterocycles. The molecule has 0 spiro atoms. The molecule has 1 atom stereocenters. The fourth-order valence-electron chi connectivity index (χ4n) is 6.87.